The number of hydrogen-bond acceptors (Lipinski definition) is 3. The Bertz CT molecular complexity index is 521. The number of hydrogen-bond donors (Lipinski definition) is 1. The highest BCUT2D eigenvalue weighted by Crippen LogP contribution is 2.47. The normalized spacial score (nSPS) is 21.5. The van der Waals surface area contributed by atoms with Gasteiger partial charge < -0.3 is 9.73 Å². The Morgan fingerprint density at radius 3 is 2.79 bits per heavy atom. The summed E-state index contributed by atoms with van der Waals surface area (Å²) < 4.78 is 5.86. The number of nitrogens with one attached hydrogen (secondary N) is 1. The summed E-state index contributed by atoms with van der Waals surface area (Å²) in [4.78, 5) is 4.02. The number of furan rings is 1. The van der Waals surface area contributed by atoms with Crippen molar-refractivity contribution in [1.29, 1.82) is 0 Å². The predicted molar refractivity (Wildman–Crippen MR) is 74.9 cm³/mol. The molecule has 3 nitrogen and oxygen atoms in total. The molecule has 1 fully saturated rings. The fraction of sp³-hybridized carbons (Fsp3) is 0.438. The van der Waals surface area contributed by atoms with E-state index in [0.29, 0.717) is 5.92 Å². The van der Waals surface area contributed by atoms with Crippen LogP contribution in [0.2, 0.25) is 0 Å². The molecule has 3 rings (SSSR count). The van der Waals surface area contributed by atoms with Gasteiger partial charge in [-0.1, -0.05) is 6.92 Å². The van der Waals surface area contributed by atoms with E-state index in [1.165, 1.54) is 17.7 Å². The molecular formula is C16H20N2O. The second kappa shape index (κ2) is 5.57. The molecule has 1 aliphatic carbocycles. The Hall–Kier alpha value is -1.61. The number of nitrogens with zero attached hydrogens (tertiary/aromatic N) is 1. The third kappa shape index (κ3) is 3.24. The van der Waals surface area contributed by atoms with E-state index in [-0.39, 0.29) is 0 Å². The average Bonchev–Trinajstić information content (AvgIpc) is 2.99. The van der Waals surface area contributed by atoms with Gasteiger partial charge in [0.05, 0.1) is 6.54 Å². The van der Waals surface area contributed by atoms with E-state index in [1.807, 2.05) is 12.4 Å². The van der Waals surface area contributed by atoms with Crippen LogP contribution < -0.4 is 5.32 Å². The highest BCUT2D eigenvalue weighted by molar-refractivity contribution is 5.17. The van der Waals surface area contributed by atoms with Crippen LogP contribution in [0.4, 0.5) is 0 Å². The summed E-state index contributed by atoms with van der Waals surface area (Å²) in [6.07, 6.45) is 5.98. The molecule has 0 spiro atoms. The smallest absolute Gasteiger partial charge is 0.117 e. The first-order valence-corrected chi connectivity index (χ1v) is 7.01. The van der Waals surface area contributed by atoms with Gasteiger partial charge in [-0.05, 0) is 55.1 Å². The monoisotopic (exact) mass is 256 g/mol. The van der Waals surface area contributed by atoms with Crippen molar-refractivity contribution in [3.05, 3.63) is 53.7 Å². The molecule has 0 amide bonds. The van der Waals surface area contributed by atoms with E-state index >= 15 is 0 Å². The molecule has 2 atom stereocenters. The molecular weight excluding hydrogens is 236 g/mol. The number of aromatic nitrogens is 1. The molecule has 1 saturated carbocycles. The molecule has 100 valence electrons. The van der Waals surface area contributed by atoms with Gasteiger partial charge in [0.2, 0.25) is 0 Å². The molecule has 0 bridgehead atoms. The molecule has 1 N–H and O–H groups in total. The zero-order chi connectivity index (χ0) is 13.1. The van der Waals surface area contributed by atoms with Gasteiger partial charge in [-0.2, -0.15) is 0 Å². The van der Waals surface area contributed by atoms with Crippen molar-refractivity contribution in [3.8, 4) is 0 Å². The minimum Gasteiger partial charge on any atom is -0.464 e. The first kappa shape index (κ1) is 12.4. The third-order valence-electron chi connectivity index (χ3n) is 3.80. The summed E-state index contributed by atoms with van der Waals surface area (Å²) in [6, 6.07) is 8.34. The van der Waals surface area contributed by atoms with Crippen LogP contribution in [0, 0.1) is 5.92 Å². The SMILES string of the molecule is CC1CC1c1ccc(CNCCc2ccncc2)o1. The molecule has 2 unspecified atom stereocenters. The van der Waals surface area contributed by atoms with Crippen molar-refractivity contribution < 1.29 is 4.42 Å². The van der Waals surface area contributed by atoms with Crippen LogP contribution in [0.15, 0.2) is 41.1 Å². The van der Waals surface area contributed by atoms with Crippen molar-refractivity contribution in [3.63, 3.8) is 0 Å². The van der Waals surface area contributed by atoms with Crippen LogP contribution in [0.25, 0.3) is 0 Å². The van der Waals surface area contributed by atoms with Gasteiger partial charge in [0, 0.05) is 18.3 Å². The van der Waals surface area contributed by atoms with Crippen molar-refractivity contribution in [2.24, 2.45) is 5.92 Å². The quantitative estimate of drug-likeness (QED) is 0.807. The number of pyridine rings is 1. The van der Waals surface area contributed by atoms with E-state index in [9.17, 15) is 0 Å². The first-order valence-electron chi connectivity index (χ1n) is 7.01. The Morgan fingerprint density at radius 2 is 2.05 bits per heavy atom. The maximum atomic E-state index is 5.86. The van der Waals surface area contributed by atoms with Gasteiger partial charge in [0.15, 0.2) is 0 Å². The van der Waals surface area contributed by atoms with Gasteiger partial charge in [-0.15, -0.1) is 0 Å². The highest BCUT2D eigenvalue weighted by Gasteiger charge is 2.36. The van der Waals surface area contributed by atoms with Gasteiger partial charge in [-0.3, -0.25) is 4.98 Å². The van der Waals surface area contributed by atoms with Crippen molar-refractivity contribution in [1.82, 2.24) is 10.3 Å². The van der Waals surface area contributed by atoms with Crippen molar-refractivity contribution in [2.45, 2.75) is 32.2 Å². The zero-order valence-corrected chi connectivity index (χ0v) is 11.3. The second-order valence-electron chi connectivity index (χ2n) is 5.41. The van der Waals surface area contributed by atoms with Crippen LogP contribution in [-0.2, 0) is 13.0 Å². The Morgan fingerprint density at radius 1 is 1.26 bits per heavy atom. The molecule has 0 radical (unpaired) electrons. The largest absolute Gasteiger partial charge is 0.464 e. The summed E-state index contributed by atoms with van der Waals surface area (Å²) >= 11 is 0. The number of rotatable bonds is 6. The van der Waals surface area contributed by atoms with Gasteiger partial charge in [0.25, 0.3) is 0 Å². The predicted octanol–water partition coefficient (Wildman–Crippen LogP) is 3.13. The van der Waals surface area contributed by atoms with Crippen LogP contribution in [0.1, 0.15) is 36.3 Å². The van der Waals surface area contributed by atoms with E-state index in [4.69, 9.17) is 4.42 Å². The molecule has 2 aromatic rings. The molecule has 19 heavy (non-hydrogen) atoms. The summed E-state index contributed by atoms with van der Waals surface area (Å²) in [6.45, 7) is 4.05. The van der Waals surface area contributed by atoms with Crippen LogP contribution in [0.5, 0.6) is 0 Å². The topological polar surface area (TPSA) is 38.1 Å². The molecule has 2 aromatic heterocycles. The molecule has 0 aromatic carbocycles. The lowest BCUT2D eigenvalue weighted by Gasteiger charge is -2.02. The zero-order valence-electron chi connectivity index (χ0n) is 11.3. The Balaban J connectivity index is 1.41. The maximum absolute atomic E-state index is 5.86. The van der Waals surface area contributed by atoms with Gasteiger partial charge in [-0.25, -0.2) is 0 Å². The lowest BCUT2D eigenvalue weighted by molar-refractivity contribution is 0.445. The van der Waals surface area contributed by atoms with Crippen LogP contribution >= 0.6 is 0 Å². The van der Waals surface area contributed by atoms with Crippen LogP contribution in [-0.4, -0.2) is 11.5 Å². The van der Waals surface area contributed by atoms with Crippen molar-refractivity contribution >= 4 is 0 Å². The Kier molecular flexibility index (Phi) is 3.65. The maximum Gasteiger partial charge on any atom is 0.117 e. The fourth-order valence-corrected chi connectivity index (χ4v) is 2.40. The van der Waals surface area contributed by atoms with E-state index in [1.54, 1.807) is 0 Å². The van der Waals surface area contributed by atoms with Gasteiger partial charge in [0.1, 0.15) is 11.5 Å². The second-order valence-corrected chi connectivity index (χ2v) is 5.41. The summed E-state index contributed by atoms with van der Waals surface area (Å²) in [5, 5.41) is 3.42. The molecule has 2 heterocycles. The summed E-state index contributed by atoms with van der Waals surface area (Å²) in [7, 11) is 0. The summed E-state index contributed by atoms with van der Waals surface area (Å²) in [5.74, 6) is 3.69. The van der Waals surface area contributed by atoms with E-state index in [0.717, 1.165) is 31.2 Å². The van der Waals surface area contributed by atoms with Gasteiger partial charge >= 0.3 is 0 Å². The first-order chi connectivity index (χ1) is 9.33. The van der Waals surface area contributed by atoms with E-state index in [2.05, 4.69) is 41.5 Å². The molecule has 1 aliphatic rings. The lowest BCUT2D eigenvalue weighted by atomic mass is 10.2. The minimum atomic E-state index is 0.672. The minimum absolute atomic E-state index is 0.672. The Labute approximate surface area is 114 Å². The third-order valence-corrected chi connectivity index (χ3v) is 3.80. The fourth-order valence-electron chi connectivity index (χ4n) is 2.40. The lowest BCUT2D eigenvalue weighted by Crippen LogP contribution is -2.16. The standard InChI is InChI=1S/C16H20N2O/c1-12-10-15(12)16-3-2-14(19-16)11-18-9-6-13-4-7-17-8-5-13/h2-5,7-8,12,15,18H,6,9-11H2,1H3. The highest BCUT2D eigenvalue weighted by atomic mass is 16.3. The summed E-state index contributed by atoms with van der Waals surface area (Å²) in [5.41, 5.74) is 1.31. The average molecular weight is 256 g/mol. The van der Waals surface area contributed by atoms with Crippen molar-refractivity contribution in [2.75, 3.05) is 6.54 Å². The van der Waals surface area contributed by atoms with E-state index < -0.39 is 0 Å². The molecule has 3 heteroatoms. The van der Waals surface area contributed by atoms with Crippen LogP contribution in [0.3, 0.4) is 0 Å². The molecule has 0 aliphatic heterocycles. The molecule has 0 saturated heterocycles.